The number of fused-ring (bicyclic) bond motifs is 1. The van der Waals surface area contributed by atoms with Gasteiger partial charge in [-0.25, -0.2) is 4.98 Å². The van der Waals surface area contributed by atoms with E-state index in [1.54, 1.807) is 24.3 Å². The van der Waals surface area contributed by atoms with Crippen LogP contribution in [0.15, 0.2) is 30.3 Å². The van der Waals surface area contributed by atoms with Crippen molar-refractivity contribution in [3.05, 3.63) is 41.0 Å². The number of nitrogens with zero attached hydrogens (tertiary/aromatic N) is 1. The number of alkyl halides is 3. The molecule has 0 atom stereocenters. The molecule has 0 aliphatic heterocycles. The van der Waals surface area contributed by atoms with E-state index in [1.807, 2.05) is 0 Å². The lowest BCUT2D eigenvalue weighted by Gasteiger charge is -2.08. The number of aromatic nitrogens is 1. The van der Waals surface area contributed by atoms with Crippen LogP contribution in [0.1, 0.15) is 5.56 Å². The molecule has 1 nitrogen and oxygen atoms in total. The summed E-state index contributed by atoms with van der Waals surface area (Å²) in [6.07, 6.45) is -5.23. The van der Waals surface area contributed by atoms with Crippen LogP contribution in [0.3, 0.4) is 0 Å². The number of halogens is 4. The molecule has 5 heteroatoms. The van der Waals surface area contributed by atoms with Crippen LogP contribution in [0.2, 0.25) is 5.15 Å². The fourth-order valence-electron chi connectivity index (χ4n) is 1.54. The van der Waals surface area contributed by atoms with Gasteiger partial charge < -0.3 is 0 Å². The van der Waals surface area contributed by atoms with Gasteiger partial charge in [0.05, 0.1) is 11.9 Å². The van der Waals surface area contributed by atoms with Crippen LogP contribution in [0.5, 0.6) is 0 Å². The molecule has 16 heavy (non-hydrogen) atoms. The van der Waals surface area contributed by atoms with Crippen molar-refractivity contribution in [2.45, 2.75) is 12.6 Å². The zero-order chi connectivity index (χ0) is 11.8. The number of pyridine rings is 1. The molecule has 0 amide bonds. The summed E-state index contributed by atoms with van der Waals surface area (Å²) in [5, 5.41) is 0.855. The summed E-state index contributed by atoms with van der Waals surface area (Å²) in [5.74, 6) is 0. The maximum absolute atomic E-state index is 12.3. The number of hydrogen-bond acceptors (Lipinski definition) is 1. The van der Waals surface area contributed by atoms with Crippen molar-refractivity contribution in [3.8, 4) is 0 Å². The van der Waals surface area contributed by atoms with Gasteiger partial charge >= 0.3 is 6.18 Å². The standard InChI is InChI=1S/C11H7ClF3N/c12-9-5-4-7-2-1-3-8(10(7)16-9)6-11(13,14)15/h1-5H,6H2. The zero-order valence-corrected chi connectivity index (χ0v) is 8.81. The average Bonchev–Trinajstić information content (AvgIpc) is 2.17. The van der Waals surface area contributed by atoms with E-state index in [4.69, 9.17) is 11.6 Å². The highest BCUT2D eigenvalue weighted by molar-refractivity contribution is 6.29. The summed E-state index contributed by atoms with van der Waals surface area (Å²) >= 11 is 5.67. The van der Waals surface area contributed by atoms with E-state index in [0.717, 1.165) is 0 Å². The second kappa shape index (κ2) is 3.94. The summed E-state index contributed by atoms with van der Waals surface area (Å²) in [6.45, 7) is 0. The van der Waals surface area contributed by atoms with Crippen molar-refractivity contribution in [1.29, 1.82) is 0 Å². The molecule has 0 unspecified atom stereocenters. The lowest BCUT2D eigenvalue weighted by atomic mass is 10.1. The van der Waals surface area contributed by atoms with Crippen molar-refractivity contribution >= 4 is 22.5 Å². The van der Waals surface area contributed by atoms with Gasteiger partial charge in [0.2, 0.25) is 0 Å². The monoisotopic (exact) mass is 245 g/mol. The maximum atomic E-state index is 12.3. The minimum absolute atomic E-state index is 0.146. The molecule has 1 aromatic heterocycles. The van der Waals surface area contributed by atoms with Gasteiger partial charge in [-0.2, -0.15) is 13.2 Å². The summed E-state index contributed by atoms with van der Waals surface area (Å²) < 4.78 is 36.9. The summed E-state index contributed by atoms with van der Waals surface area (Å²) in [5.41, 5.74) is 0.458. The molecule has 2 rings (SSSR count). The van der Waals surface area contributed by atoms with Crippen LogP contribution in [-0.2, 0) is 6.42 Å². The molecule has 0 spiro atoms. The highest BCUT2D eigenvalue weighted by Gasteiger charge is 2.28. The molecule has 0 saturated carbocycles. The van der Waals surface area contributed by atoms with Gasteiger partial charge in [-0.15, -0.1) is 0 Å². The van der Waals surface area contributed by atoms with E-state index >= 15 is 0 Å². The number of hydrogen-bond donors (Lipinski definition) is 0. The second-order valence-corrected chi connectivity index (χ2v) is 3.80. The maximum Gasteiger partial charge on any atom is 0.393 e. The average molecular weight is 246 g/mol. The Morgan fingerprint density at radius 2 is 1.88 bits per heavy atom. The Bertz CT molecular complexity index is 522. The van der Waals surface area contributed by atoms with Crippen molar-refractivity contribution in [3.63, 3.8) is 0 Å². The molecule has 2 aromatic rings. The van der Waals surface area contributed by atoms with Gasteiger partial charge in [-0.05, 0) is 17.7 Å². The van der Waals surface area contributed by atoms with Gasteiger partial charge in [-0.1, -0.05) is 29.8 Å². The van der Waals surface area contributed by atoms with E-state index in [-0.39, 0.29) is 10.7 Å². The predicted octanol–water partition coefficient (Wildman–Crippen LogP) is 3.99. The van der Waals surface area contributed by atoms with Crippen molar-refractivity contribution in [2.24, 2.45) is 0 Å². The lowest BCUT2D eigenvalue weighted by Crippen LogP contribution is -2.12. The van der Waals surface area contributed by atoms with Crippen LogP contribution >= 0.6 is 11.6 Å². The minimum atomic E-state index is -4.24. The molecule has 84 valence electrons. The van der Waals surface area contributed by atoms with Gasteiger partial charge in [0.1, 0.15) is 5.15 Å². The van der Waals surface area contributed by atoms with E-state index in [9.17, 15) is 13.2 Å². The zero-order valence-electron chi connectivity index (χ0n) is 8.05. The third kappa shape index (κ3) is 2.44. The van der Waals surface area contributed by atoms with Gasteiger partial charge in [-0.3, -0.25) is 0 Å². The van der Waals surface area contributed by atoms with E-state index in [1.165, 1.54) is 6.07 Å². The van der Waals surface area contributed by atoms with Crippen LogP contribution in [-0.4, -0.2) is 11.2 Å². The van der Waals surface area contributed by atoms with Gasteiger partial charge in [0.15, 0.2) is 0 Å². The number of para-hydroxylation sites is 1. The molecule has 0 aliphatic rings. The Balaban J connectivity index is 2.56. The first kappa shape index (κ1) is 11.2. The molecule has 0 aliphatic carbocycles. The molecule has 0 N–H and O–H groups in total. The third-order valence-electron chi connectivity index (χ3n) is 2.16. The second-order valence-electron chi connectivity index (χ2n) is 3.41. The molecular formula is C11H7ClF3N. The SMILES string of the molecule is FC(F)(F)Cc1cccc2ccc(Cl)nc12. The highest BCUT2D eigenvalue weighted by Crippen LogP contribution is 2.26. The third-order valence-corrected chi connectivity index (χ3v) is 2.37. The van der Waals surface area contributed by atoms with Crippen LogP contribution in [0.4, 0.5) is 13.2 Å². The topological polar surface area (TPSA) is 12.9 Å². The largest absolute Gasteiger partial charge is 0.393 e. The highest BCUT2D eigenvalue weighted by atomic mass is 35.5. The first-order valence-corrected chi connectivity index (χ1v) is 4.94. The Kier molecular flexibility index (Phi) is 2.76. The molecule has 0 bridgehead atoms. The summed E-state index contributed by atoms with van der Waals surface area (Å²) in [6, 6.07) is 7.92. The first-order chi connectivity index (χ1) is 7.46. The Morgan fingerprint density at radius 3 is 2.56 bits per heavy atom. The number of benzene rings is 1. The molecule has 0 fully saturated rings. The first-order valence-electron chi connectivity index (χ1n) is 4.56. The minimum Gasteiger partial charge on any atom is -0.236 e. The molecule has 0 saturated heterocycles. The van der Waals surface area contributed by atoms with E-state index in [2.05, 4.69) is 4.98 Å². The molecule has 0 radical (unpaired) electrons. The Labute approximate surface area is 94.9 Å². The van der Waals surface area contributed by atoms with Crippen molar-refractivity contribution in [1.82, 2.24) is 4.98 Å². The predicted molar refractivity (Wildman–Crippen MR) is 56.5 cm³/mol. The van der Waals surface area contributed by atoms with E-state index in [0.29, 0.717) is 10.9 Å². The molecule has 1 heterocycles. The van der Waals surface area contributed by atoms with Gasteiger partial charge in [0.25, 0.3) is 0 Å². The van der Waals surface area contributed by atoms with Crippen LogP contribution < -0.4 is 0 Å². The molecule has 1 aromatic carbocycles. The normalized spacial score (nSPS) is 12.0. The molecular weight excluding hydrogens is 239 g/mol. The fourth-order valence-corrected chi connectivity index (χ4v) is 1.69. The van der Waals surface area contributed by atoms with E-state index < -0.39 is 12.6 Å². The Hall–Kier alpha value is -1.29. The smallest absolute Gasteiger partial charge is 0.236 e. The Morgan fingerprint density at radius 1 is 1.12 bits per heavy atom. The van der Waals surface area contributed by atoms with Gasteiger partial charge in [0, 0.05) is 5.39 Å². The summed E-state index contributed by atoms with van der Waals surface area (Å²) in [7, 11) is 0. The number of rotatable bonds is 1. The van der Waals surface area contributed by atoms with Crippen LogP contribution in [0, 0.1) is 0 Å². The fraction of sp³-hybridized carbons (Fsp3) is 0.182. The summed E-state index contributed by atoms with van der Waals surface area (Å²) in [4.78, 5) is 3.93. The van der Waals surface area contributed by atoms with Crippen molar-refractivity contribution < 1.29 is 13.2 Å². The lowest BCUT2D eigenvalue weighted by molar-refractivity contribution is -0.127. The quantitative estimate of drug-likeness (QED) is 0.692. The van der Waals surface area contributed by atoms with Crippen LogP contribution in [0.25, 0.3) is 10.9 Å². The van der Waals surface area contributed by atoms with Crippen molar-refractivity contribution in [2.75, 3.05) is 0 Å².